The van der Waals surface area contributed by atoms with Crippen LogP contribution in [0.5, 0.6) is 0 Å². The number of hydrogen-bond acceptors (Lipinski definition) is 5. The second kappa shape index (κ2) is 5.21. The Hall–Kier alpha value is -1.66. The highest BCUT2D eigenvalue weighted by molar-refractivity contribution is 5.45. The van der Waals surface area contributed by atoms with Gasteiger partial charge in [-0.3, -0.25) is 5.10 Å². The number of H-pyrrole nitrogens is 1. The Morgan fingerprint density at radius 1 is 1.45 bits per heavy atom. The zero-order valence-electron chi connectivity index (χ0n) is 13.0. The van der Waals surface area contributed by atoms with Gasteiger partial charge in [-0.2, -0.15) is 5.10 Å². The quantitative estimate of drug-likeness (QED) is 0.883. The molecular formula is C16H22N4O2. The zero-order chi connectivity index (χ0) is 15.2. The fourth-order valence-corrected chi connectivity index (χ4v) is 4.01. The summed E-state index contributed by atoms with van der Waals surface area (Å²) in [6, 6.07) is 4.24. The lowest BCUT2D eigenvalue weighted by Crippen LogP contribution is -2.66. The molecule has 2 aromatic rings. The molecule has 6 heteroatoms. The number of furan rings is 1. The topological polar surface area (TPSA) is 76.0 Å². The minimum Gasteiger partial charge on any atom is -0.461 e. The molecule has 0 spiro atoms. The van der Waals surface area contributed by atoms with Gasteiger partial charge in [-0.25, -0.2) is 4.98 Å². The van der Waals surface area contributed by atoms with Crippen molar-refractivity contribution in [2.75, 3.05) is 13.2 Å². The summed E-state index contributed by atoms with van der Waals surface area (Å²) in [6.07, 6.45) is 4.07. The van der Waals surface area contributed by atoms with Crippen molar-refractivity contribution in [3.63, 3.8) is 0 Å². The normalized spacial score (nSPS) is 29.3. The molecule has 6 nitrogen and oxygen atoms in total. The molecule has 1 saturated carbocycles. The van der Waals surface area contributed by atoms with E-state index in [0.717, 1.165) is 25.4 Å². The van der Waals surface area contributed by atoms with Gasteiger partial charge in [-0.1, -0.05) is 13.8 Å². The number of aromatic amines is 1. The average molecular weight is 302 g/mol. The predicted molar refractivity (Wildman–Crippen MR) is 81.2 cm³/mol. The first-order valence-electron chi connectivity index (χ1n) is 7.96. The summed E-state index contributed by atoms with van der Waals surface area (Å²) < 4.78 is 11.1. The largest absolute Gasteiger partial charge is 0.461 e. The molecule has 0 aromatic carbocycles. The van der Waals surface area contributed by atoms with Crippen molar-refractivity contribution in [3.05, 3.63) is 24.2 Å². The molecule has 2 fully saturated rings. The van der Waals surface area contributed by atoms with Gasteiger partial charge in [-0.15, -0.1) is 0 Å². The second-order valence-corrected chi connectivity index (χ2v) is 6.83. The van der Waals surface area contributed by atoms with Gasteiger partial charge >= 0.3 is 0 Å². The molecule has 0 amide bonds. The Labute approximate surface area is 129 Å². The summed E-state index contributed by atoms with van der Waals surface area (Å²) in [5, 5.41) is 10.9. The third kappa shape index (κ3) is 2.18. The molecule has 2 aromatic heterocycles. The smallest absolute Gasteiger partial charge is 0.216 e. The van der Waals surface area contributed by atoms with Crippen LogP contribution in [0.15, 0.2) is 22.8 Å². The number of fused-ring (bicyclic) bond motifs is 1. The lowest BCUT2D eigenvalue weighted by atomic mass is 9.57. The van der Waals surface area contributed by atoms with Gasteiger partial charge in [-0.05, 0) is 18.6 Å². The molecule has 1 aliphatic heterocycles. The van der Waals surface area contributed by atoms with Crippen LogP contribution in [0.2, 0.25) is 0 Å². The Morgan fingerprint density at radius 2 is 2.36 bits per heavy atom. The van der Waals surface area contributed by atoms with Crippen molar-refractivity contribution < 1.29 is 9.15 Å². The molecule has 118 valence electrons. The first kappa shape index (κ1) is 14.0. The van der Waals surface area contributed by atoms with Gasteiger partial charge in [0.25, 0.3) is 0 Å². The Kier molecular flexibility index (Phi) is 3.31. The van der Waals surface area contributed by atoms with E-state index in [1.807, 2.05) is 12.1 Å². The maximum absolute atomic E-state index is 5.83. The lowest BCUT2D eigenvalue weighted by molar-refractivity contribution is -0.112. The summed E-state index contributed by atoms with van der Waals surface area (Å²) in [6.45, 7) is 6.39. The summed E-state index contributed by atoms with van der Waals surface area (Å²) in [4.78, 5) is 4.47. The minimum atomic E-state index is 0.224. The van der Waals surface area contributed by atoms with Crippen LogP contribution in [0.3, 0.4) is 0 Å². The summed E-state index contributed by atoms with van der Waals surface area (Å²) >= 11 is 0. The van der Waals surface area contributed by atoms with Gasteiger partial charge < -0.3 is 14.5 Å². The van der Waals surface area contributed by atoms with Crippen LogP contribution < -0.4 is 5.32 Å². The fourth-order valence-electron chi connectivity index (χ4n) is 4.01. The van der Waals surface area contributed by atoms with E-state index < -0.39 is 0 Å². The highest BCUT2D eigenvalue weighted by atomic mass is 16.5. The molecule has 22 heavy (non-hydrogen) atoms. The van der Waals surface area contributed by atoms with E-state index in [0.29, 0.717) is 29.6 Å². The standard InChI is InChI=1S/C16H22N4O2/c1-16(2)13(10-6-9-22-14(10)16)17-7-5-12-18-15(20-19-12)11-4-3-8-21-11/h3-4,8,10,13-14,17H,5-7,9H2,1-2H3,(H,18,19,20)/t10-,13+,14-/m0/s1. The lowest BCUT2D eigenvalue weighted by Gasteiger charge is -2.55. The van der Waals surface area contributed by atoms with Crippen LogP contribution >= 0.6 is 0 Å². The third-order valence-electron chi connectivity index (χ3n) is 5.10. The first-order valence-corrected chi connectivity index (χ1v) is 7.96. The Bertz CT molecular complexity index is 634. The van der Waals surface area contributed by atoms with E-state index in [4.69, 9.17) is 9.15 Å². The number of hydrogen-bond donors (Lipinski definition) is 2. The fraction of sp³-hybridized carbons (Fsp3) is 0.625. The van der Waals surface area contributed by atoms with Crippen molar-refractivity contribution in [3.8, 4) is 11.6 Å². The average Bonchev–Trinajstić information content (AvgIpc) is 3.22. The summed E-state index contributed by atoms with van der Waals surface area (Å²) in [5.41, 5.74) is 0.224. The molecule has 4 rings (SSSR count). The molecule has 0 unspecified atom stereocenters. The summed E-state index contributed by atoms with van der Waals surface area (Å²) in [7, 11) is 0. The van der Waals surface area contributed by atoms with E-state index in [1.165, 1.54) is 6.42 Å². The second-order valence-electron chi connectivity index (χ2n) is 6.83. The van der Waals surface area contributed by atoms with Gasteiger partial charge in [0.1, 0.15) is 5.82 Å². The number of aromatic nitrogens is 3. The Morgan fingerprint density at radius 3 is 3.18 bits per heavy atom. The van der Waals surface area contributed by atoms with Crippen LogP contribution in [0, 0.1) is 11.3 Å². The maximum atomic E-state index is 5.83. The Balaban J connectivity index is 1.32. The van der Waals surface area contributed by atoms with E-state index in [2.05, 4.69) is 34.3 Å². The maximum Gasteiger partial charge on any atom is 0.216 e. The van der Waals surface area contributed by atoms with Crippen LogP contribution in [-0.4, -0.2) is 40.5 Å². The van der Waals surface area contributed by atoms with Crippen molar-refractivity contribution in [2.24, 2.45) is 11.3 Å². The SMILES string of the molecule is CC1(C)[C@H](NCCc2nc(-c3ccco3)n[nH]2)[C@@H]2CCO[C@@H]21. The van der Waals surface area contributed by atoms with Crippen LogP contribution in [0.25, 0.3) is 11.6 Å². The molecule has 1 saturated heterocycles. The zero-order valence-corrected chi connectivity index (χ0v) is 13.0. The first-order chi connectivity index (χ1) is 10.7. The molecule has 2 N–H and O–H groups in total. The van der Waals surface area contributed by atoms with Crippen molar-refractivity contribution in [2.45, 2.75) is 38.8 Å². The van der Waals surface area contributed by atoms with Crippen molar-refractivity contribution in [1.82, 2.24) is 20.5 Å². The van der Waals surface area contributed by atoms with Crippen LogP contribution in [-0.2, 0) is 11.2 Å². The molecule has 3 heterocycles. The third-order valence-corrected chi connectivity index (χ3v) is 5.10. The van der Waals surface area contributed by atoms with Crippen LogP contribution in [0.4, 0.5) is 0 Å². The highest BCUT2D eigenvalue weighted by Gasteiger charge is 2.58. The van der Waals surface area contributed by atoms with E-state index >= 15 is 0 Å². The van der Waals surface area contributed by atoms with Gasteiger partial charge in [0.05, 0.1) is 12.4 Å². The molecule has 1 aliphatic carbocycles. The van der Waals surface area contributed by atoms with Crippen molar-refractivity contribution >= 4 is 0 Å². The van der Waals surface area contributed by atoms with E-state index in [1.54, 1.807) is 6.26 Å². The molecule has 3 atom stereocenters. The number of rotatable bonds is 5. The summed E-state index contributed by atoms with van der Waals surface area (Å²) in [5.74, 6) is 2.87. The van der Waals surface area contributed by atoms with Crippen LogP contribution in [0.1, 0.15) is 26.1 Å². The predicted octanol–water partition coefficient (Wildman–Crippen LogP) is 2.01. The van der Waals surface area contributed by atoms with E-state index in [-0.39, 0.29) is 5.41 Å². The molecule has 0 radical (unpaired) electrons. The molecular weight excluding hydrogens is 280 g/mol. The number of ether oxygens (including phenoxy) is 1. The molecule has 2 aliphatic rings. The molecule has 0 bridgehead atoms. The van der Waals surface area contributed by atoms with Gasteiger partial charge in [0, 0.05) is 36.9 Å². The minimum absolute atomic E-state index is 0.224. The van der Waals surface area contributed by atoms with Gasteiger partial charge in [0.2, 0.25) is 5.82 Å². The van der Waals surface area contributed by atoms with Gasteiger partial charge in [0.15, 0.2) is 5.76 Å². The monoisotopic (exact) mass is 302 g/mol. The highest BCUT2D eigenvalue weighted by Crippen LogP contribution is 2.51. The van der Waals surface area contributed by atoms with E-state index in [9.17, 15) is 0 Å². The van der Waals surface area contributed by atoms with Crippen molar-refractivity contribution in [1.29, 1.82) is 0 Å². The number of nitrogens with zero attached hydrogens (tertiary/aromatic N) is 2. The number of nitrogens with one attached hydrogen (secondary N) is 2.